The van der Waals surface area contributed by atoms with Gasteiger partial charge in [-0.05, 0) is 61.6 Å². The van der Waals surface area contributed by atoms with Crippen molar-refractivity contribution in [1.29, 1.82) is 0 Å². The molecule has 0 aliphatic heterocycles. The van der Waals surface area contributed by atoms with Gasteiger partial charge in [-0.2, -0.15) is 0 Å². The van der Waals surface area contributed by atoms with E-state index in [-0.39, 0.29) is 0 Å². The molecule has 0 amide bonds. The second-order valence-electron chi connectivity index (χ2n) is 6.15. The quantitative estimate of drug-likeness (QED) is 0.559. The van der Waals surface area contributed by atoms with Gasteiger partial charge in [0.25, 0.3) is 0 Å². The van der Waals surface area contributed by atoms with Crippen LogP contribution in [0.4, 0.5) is 17.2 Å². The number of fused-ring (bicyclic) bond motifs is 1. The molecule has 26 heavy (non-hydrogen) atoms. The Balaban J connectivity index is 1.73. The highest BCUT2D eigenvalue weighted by Crippen LogP contribution is 2.25. The lowest BCUT2D eigenvalue weighted by Crippen LogP contribution is -2.28. The number of halogens is 1. The van der Waals surface area contributed by atoms with E-state index in [9.17, 15) is 0 Å². The van der Waals surface area contributed by atoms with E-state index in [1.54, 1.807) is 0 Å². The van der Waals surface area contributed by atoms with E-state index in [2.05, 4.69) is 41.5 Å². The van der Waals surface area contributed by atoms with Gasteiger partial charge in [0.2, 0.25) is 0 Å². The number of nitrogens with zero attached hydrogens (tertiary/aromatic N) is 2. The lowest BCUT2D eigenvalue weighted by atomic mass is 10.1. The number of hydrogen-bond acceptors (Lipinski definition) is 4. The molecule has 1 aromatic heterocycles. The van der Waals surface area contributed by atoms with E-state index in [4.69, 9.17) is 16.6 Å². The topological polar surface area (TPSA) is 40.2 Å². The number of pyridine rings is 1. The number of hydrogen-bond donors (Lipinski definition) is 2. The van der Waals surface area contributed by atoms with Crippen molar-refractivity contribution in [1.82, 2.24) is 9.88 Å². The van der Waals surface area contributed by atoms with Gasteiger partial charge < -0.3 is 15.5 Å². The number of nitrogens with one attached hydrogen (secondary N) is 2. The molecule has 3 aromatic rings. The summed E-state index contributed by atoms with van der Waals surface area (Å²) >= 11 is 5.94. The summed E-state index contributed by atoms with van der Waals surface area (Å²) in [6.07, 6.45) is 0. The predicted octanol–water partition coefficient (Wildman–Crippen LogP) is 5.39. The van der Waals surface area contributed by atoms with E-state index in [0.29, 0.717) is 0 Å². The van der Waals surface area contributed by atoms with E-state index in [0.717, 1.165) is 59.3 Å². The smallest absolute Gasteiger partial charge is 0.131 e. The Morgan fingerprint density at radius 2 is 1.73 bits per heavy atom. The first kappa shape index (κ1) is 18.5. The molecule has 4 nitrogen and oxygen atoms in total. The number of anilines is 3. The summed E-state index contributed by atoms with van der Waals surface area (Å²) in [5, 5.41) is 8.72. The van der Waals surface area contributed by atoms with Gasteiger partial charge in [0.05, 0.1) is 5.52 Å². The summed E-state index contributed by atoms with van der Waals surface area (Å²) in [7, 11) is 0. The highest BCUT2D eigenvalue weighted by Gasteiger charge is 2.05. The minimum Gasteiger partial charge on any atom is -0.383 e. The molecule has 2 N–H and O–H groups in total. The van der Waals surface area contributed by atoms with Crippen molar-refractivity contribution >= 4 is 39.7 Å². The highest BCUT2D eigenvalue weighted by atomic mass is 35.5. The van der Waals surface area contributed by atoms with Crippen molar-refractivity contribution in [3.8, 4) is 0 Å². The normalized spacial score (nSPS) is 11.1. The first-order chi connectivity index (χ1) is 12.7. The van der Waals surface area contributed by atoms with Crippen molar-refractivity contribution in [3.63, 3.8) is 0 Å². The van der Waals surface area contributed by atoms with E-state index in [1.807, 2.05) is 42.5 Å². The van der Waals surface area contributed by atoms with Crippen molar-refractivity contribution < 1.29 is 0 Å². The van der Waals surface area contributed by atoms with Gasteiger partial charge in [0.1, 0.15) is 5.82 Å². The molecule has 1 heterocycles. The van der Waals surface area contributed by atoms with E-state index < -0.39 is 0 Å². The van der Waals surface area contributed by atoms with Crippen LogP contribution in [0.15, 0.2) is 54.6 Å². The second-order valence-corrected chi connectivity index (χ2v) is 6.59. The van der Waals surface area contributed by atoms with Gasteiger partial charge in [-0.3, -0.25) is 0 Å². The Hall–Kier alpha value is -2.30. The standard InChI is InChI=1S/C21H25ClN4/c1-3-26(4-2)15-14-23-19-6-5-7-20-18(19)12-13-21(25-20)24-17-10-8-16(22)9-11-17/h5-13,23H,3-4,14-15H2,1-2H3,(H,24,25). The lowest BCUT2D eigenvalue weighted by Gasteiger charge is -2.19. The number of rotatable bonds is 8. The maximum Gasteiger partial charge on any atom is 0.131 e. The van der Waals surface area contributed by atoms with Crippen LogP contribution in [0.2, 0.25) is 5.02 Å². The first-order valence-corrected chi connectivity index (χ1v) is 9.46. The fraction of sp³-hybridized carbons (Fsp3) is 0.286. The van der Waals surface area contributed by atoms with Gasteiger partial charge >= 0.3 is 0 Å². The van der Waals surface area contributed by atoms with Crippen LogP contribution in [0.3, 0.4) is 0 Å². The third kappa shape index (κ3) is 4.65. The molecule has 3 rings (SSSR count). The fourth-order valence-electron chi connectivity index (χ4n) is 2.95. The molecular weight excluding hydrogens is 344 g/mol. The zero-order valence-electron chi connectivity index (χ0n) is 15.3. The summed E-state index contributed by atoms with van der Waals surface area (Å²) in [6, 6.07) is 17.9. The second kappa shape index (κ2) is 8.88. The molecule has 0 atom stereocenters. The van der Waals surface area contributed by atoms with Crippen LogP contribution in [0, 0.1) is 0 Å². The Bertz CT molecular complexity index is 844. The monoisotopic (exact) mass is 368 g/mol. The molecule has 2 aromatic carbocycles. The van der Waals surface area contributed by atoms with E-state index >= 15 is 0 Å². The van der Waals surface area contributed by atoms with Crippen molar-refractivity contribution in [2.75, 3.05) is 36.8 Å². The van der Waals surface area contributed by atoms with Crippen LogP contribution in [0.25, 0.3) is 10.9 Å². The molecule has 0 aliphatic rings. The fourth-order valence-corrected chi connectivity index (χ4v) is 3.07. The average molecular weight is 369 g/mol. The summed E-state index contributed by atoms with van der Waals surface area (Å²) in [5.74, 6) is 0.820. The van der Waals surface area contributed by atoms with Crippen molar-refractivity contribution in [2.45, 2.75) is 13.8 Å². The molecule has 136 valence electrons. The molecule has 0 saturated heterocycles. The van der Waals surface area contributed by atoms with Gasteiger partial charge in [-0.1, -0.05) is 31.5 Å². The lowest BCUT2D eigenvalue weighted by molar-refractivity contribution is 0.316. The molecule has 5 heteroatoms. The first-order valence-electron chi connectivity index (χ1n) is 9.08. The van der Waals surface area contributed by atoms with Crippen LogP contribution in [-0.4, -0.2) is 36.1 Å². The van der Waals surface area contributed by atoms with Crippen molar-refractivity contribution in [2.24, 2.45) is 0 Å². The molecule has 0 spiro atoms. The molecule has 0 unspecified atom stereocenters. The highest BCUT2D eigenvalue weighted by molar-refractivity contribution is 6.30. The van der Waals surface area contributed by atoms with Gasteiger partial charge in [0.15, 0.2) is 0 Å². The summed E-state index contributed by atoms with van der Waals surface area (Å²) < 4.78 is 0. The van der Waals surface area contributed by atoms with Crippen LogP contribution in [-0.2, 0) is 0 Å². The van der Waals surface area contributed by atoms with Crippen LogP contribution in [0.1, 0.15) is 13.8 Å². The molecule has 0 aliphatic carbocycles. The van der Waals surface area contributed by atoms with Crippen molar-refractivity contribution in [3.05, 3.63) is 59.6 Å². The minimum atomic E-state index is 0.724. The average Bonchev–Trinajstić information content (AvgIpc) is 2.67. The summed E-state index contributed by atoms with van der Waals surface area (Å²) in [4.78, 5) is 7.14. The van der Waals surface area contributed by atoms with Gasteiger partial charge in [-0.25, -0.2) is 4.98 Å². The maximum atomic E-state index is 5.94. The van der Waals surface area contributed by atoms with Crippen LogP contribution >= 0.6 is 11.6 Å². The van der Waals surface area contributed by atoms with Crippen LogP contribution in [0.5, 0.6) is 0 Å². The SMILES string of the molecule is CCN(CC)CCNc1cccc2nc(Nc3ccc(Cl)cc3)ccc12. The third-order valence-corrected chi connectivity index (χ3v) is 4.74. The summed E-state index contributed by atoms with van der Waals surface area (Å²) in [6.45, 7) is 8.50. The van der Waals surface area contributed by atoms with Crippen LogP contribution < -0.4 is 10.6 Å². The molecule has 0 radical (unpaired) electrons. The molecule has 0 saturated carbocycles. The zero-order valence-corrected chi connectivity index (χ0v) is 16.1. The predicted molar refractivity (Wildman–Crippen MR) is 113 cm³/mol. The Labute approximate surface area is 160 Å². The largest absolute Gasteiger partial charge is 0.383 e. The summed E-state index contributed by atoms with van der Waals surface area (Å²) in [5.41, 5.74) is 3.06. The zero-order chi connectivity index (χ0) is 18.4. The van der Waals surface area contributed by atoms with Gasteiger partial charge in [-0.15, -0.1) is 0 Å². The molecular formula is C21H25ClN4. The number of likely N-dealkylation sites (N-methyl/N-ethyl adjacent to an activating group) is 1. The minimum absolute atomic E-state index is 0.724. The number of aromatic nitrogens is 1. The number of benzene rings is 2. The Kier molecular flexibility index (Phi) is 6.31. The van der Waals surface area contributed by atoms with E-state index in [1.165, 1.54) is 0 Å². The molecule has 0 bridgehead atoms. The Morgan fingerprint density at radius 3 is 2.46 bits per heavy atom. The Morgan fingerprint density at radius 1 is 0.962 bits per heavy atom. The molecule has 0 fully saturated rings. The maximum absolute atomic E-state index is 5.94. The third-order valence-electron chi connectivity index (χ3n) is 4.49. The van der Waals surface area contributed by atoms with Gasteiger partial charge in [0, 0.05) is 34.9 Å².